The van der Waals surface area contributed by atoms with Crippen LogP contribution in [0.25, 0.3) is 5.69 Å². The number of hydrogen-bond acceptors (Lipinski definition) is 4. The topological polar surface area (TPSA) is 84.5 Å². The van der Waals surface area contributed by atoms with Gasteiger partial charge in [-0.05, 0) is 74.4 Å². The van der Waals surface area contributed by atoms with Crippen LogP contribution in [0.2, 0.25) is 0 Å². The van der Waals surface area contributed by atoms with Crippen LogP contribution in [-0.4, -0.2) is 50.0 Å². The number of nitrogen functional groups attached to an aromatic ring is 1. The molecule has 1 aromatic heterocycles. The summed E-state index contributed by atoms with van der Waals surface area (Å²) in [6.07, 6.45) is 6.90. The van der Waals surface area contributed by atoms with Gasteiger partial charge in [-0.3, -0.25) is 9.59 Å². The van der Waals surface area contributed by atoms with E-state index >= 15 is 0 Å². The highest BCUT2D eigenvalue weighted by Crippen LogP contribution is 2.49. The normalized spacial score (nSPS) is 15.4. The zero-order valence-electron chi connectivity index (χ0n) is 22.9. The molecule has 38 heavy (non-hydrogen) atoms. The average molecular weight is 514 g/mol. The zero-order chi connectivity index (χ0) is 26.9. The Hall–Kier alpha value is -3.61. The highest BCUT2D eigenvalue weighted by Gasteiger charge is 2.52. The standard InChI is InChI=1S/C31H39N5O2/c1-4-6-16-34(17-7-5-2)30(38)27-18-22(3)36(33-27)28-13-12-25(32)19-26(28)29(37)35-21-24-11-9-8-10-23(24)20-31(35)14-15-31/h8-13,18-19H,4-7,14-17,20-21,32H2,1-3H3. The van der Waals surface area contributed by atoms with Crippen LogP contribution in [0.5, 0.6) is 0 Å². The molecule has 0 unspecified atom stereocenters. The maximum absolute atomic E-state index is 14.2. The molecule has 2 N–H and O–H groups in total. The van der Waals surface area contributed by atoms with Crippen molar-refractivity contribution in [2.24, 2.45) is 0 Å². The minimum Gasteiger partial charge on any atom is -0.399 e. The number of aromatic nitrogens is 2. The Morgan fingerprint density at radius 3 is 2.34 bits per heavy atom. The molecule has 200 valence electrons. The number of amides is 2. The van der Waals surface area contributed by atoms with E-state index in [9.17, 15) is 9.59 Å². The Morgan fingerprint density at radius 1 is 1.00 bits per heavy atom. The molecule has 3 aromatic rings. The fourth-order valence-electron chi connectivity index (χ4n) is 5.60. The molecule has 2 amide bonds. The van der Waals surface area contributed by atoms with Crippen molar-refractivity contribution in [2.45, 2.75) is 77.8 Å². The lowest BCUT2D eigenvalue weighted by atomic mass is 9.91. The molecule has 1 fully saturated rings. The largest absolute Gasteiger partial charge is 0.399 e. The second-order valence-electron chi connectivity index (χ2n) is 10.9. The number of benzene rings is 2. The molecule has 2 aliphatic rings. The number of hydrogen-bond donors (Lipinski definition) is 1. The number of aryl methyl sites for hydroxylation is 1. The van der Waals surface area contributed by atoms with Crippen molar-refractivity contribution < 1.29 is 9.59 Å². The quantitative estimate of drug-likeness (QED) is 0.381. The van der Waals surface area contributed by atoms with Crippen LogP contribution in [0.4, 0.5) is 5.69 Å². The lowest BCUT2D eigenvalue weighted by Crippen LogP contribution is -2.46. The smallest absolute Gasteiger partial charge is 0.274 e. The van der Waals surface area contributed by atoms with Gasteiger partial charge in [0.1, 0.15) is 0 Å². The lowest BCUT2D eigenvalue weighted by molar-refractivity contribution is 0.0605. The predicted octanol–water partition coefficient (Wildman–Crippen LogP) is 5.54. The van der Waals surface area contributed by atoms with Crippen LogP contribution < -0.4 is 5.73 Å². The summed E-state index contributed by atoms with van der Waals surface area (Å²) in [5, 5.41) is 4.74. The van der Waals surface area contributed by atoms with Gasteiger partial charge in [-0.15, -0.1) is 0 Å². The molecule has 2 aromatic carbocycles. The van der Waals surface area contributed by atoms with Gasteiger partial charge in [0.2, 0.25) is 0 Å². The number of carbonyl (C=O) groups is 2. The maximum Gasteiger partial charge on any atom is 0.274 e. The van der Waals surface area contributed by atoms with Crippen LogP contribution in [-0.2, 0) is 13.0 Å². The number of unbranched alkanes of at least 4 members (excludes halogenated alkanes) is 2. The van der Waals surface area contributed by atoms with E-state index in [-0.39, 0.29) is 17.4 Å². The Labute approximate surface area is 225 Å². The molecule has 1 spiro atoms. The Bertz CT molecular complexity index is 1330. The van der Waals surface area contributed by atoms with Crippen LogP contribution in [0.3, 0.4) is 0 Å². The van der Waals surface area contributed by atoms with Gasteiger partial charge >= 0.3 is 0 Å². The summed E-state index contributed by atoms with van der Waals surface area (Å²) in [5.41, 5.74) is 11.5. The van der Waals surface area contributed by atoms with Crippen molar-refractivity contribution in [1.29, 1.82) is 0 Å². The fraction of sp³-hybridized carbons (Fsp3) is 0.452. The fourth-order valence-corrected chi connectivity index (χ4v) is 5.60. The third kappa shape index (κ3) is 4.94. The summed E-state index contributed by atoms with van der Waals surface area (Å²) < 4.78 is 1.73. The third-order valence-corrected chi connectivity index (χ3v) is 8.05. The van der Waals surface area contributed by atoms with E-state index in [1.54, 1.807) is 16.8 Å². The zero-order valence-corrected chi connectivity index (χ0v) is 22.9. The second kappa shape index (κ2) is 10.6. The van der Waals surface area contributed by atoms with Crippen molar-refractivity contribution in [2.75, 3.05) is 18.8 Å². The lowest BCUT2D eigenvalue weighted by Gasteiger charge is -2.38. The van der Waals surface area contributed by atoms with Gasteiger partial charge in [-0.2, -0.15) is 5.10 Å². The third-order valence-electron chi connectivity index (χ3n) is 8.05. The molecule has 0 bridgehead atoms. The van der Waals surface area contributed by atoms with E-state index in [4.69, 9.17) is 10.8 Å². The second-order valence-corrected chi connectivity index (χ2v) is 10.9. The molecule has 7 heteroatoms. The van der Waals surface area contributed by atoms with E-state index in [0.29, 0.717) is 29.2 Å². The Balaban J connectivity index is 1.48. The maximum atomic E-state index is 14.2. The number of nitrogens with zero attached hydrogens (tertiary/aromatic N) is 4. The van der Waals surface area contributed by atoms with Gasteiger partial charge in [0.25, 0.3) is 11.8 Å². The predicted molar refractivity (Wildman–Crippen MR) is 150 cm³/mol. The molecule has 1 aliphatic carbocycles. The first-order valence-electron chi connectivity index (χ1n) is 14.0. The Kier molecular flexibility index (Phi) is 7.28. The van der Waals surface area contributed by atoms with Gasteiger partial charge in [0, 0.05) is 36.6 Å². The molecule has 0 radical (unpaired) electrons. The van der Waals surface area contributed by atoms with Gasteiger partial charge in [0.15, 0.2) is 5.69 Å². The van der Waals surface area contributed by atoms with Crippen molar-refractivity contribution in [3.8, 4) is 5.69 Å². The number of rotatable bonds is 9. The summed E-state index contributed by atoms with van der Waals surface area (Å²) >= 11 is 0. The van der Waals surface area contributed by atoms with Crippen LogP contribution >= 0.6 is 0 Å². The Morgan fingerprint density at radius 2 is 1.68 bits per heavy atom. The number of nitrogens with two attached hydrogens (primary N) is 1. The van der Waals surface area contributed by atoms with E-state index in [1.807, 2.05) is 34.9 Å². The highest BCUT2D eigenvalue weighted by atomic mass is 16.2. The highest BCUT2D eigenvalue weighted by molar-refractivity contribution is 6.00. The molecule has 2 heterocycles. The summed E-state index contributed by atoms with van der Waals surface area (Å²) in [6.45, 7) is 8.24. The number of anilines is 1. The summed E-state index contributed by atoms with van der Waals surface area (Å²) in [7, 11) is 0. The van der Waals surface area contributed by atoms with E-state index in [1.165, 1.54) is 11.1 Å². The molecule has 0 atom stereocenters. The molecule has 1 aliphatic heterocycles. The minimum atomic E-state index is -0.118. The van der Waals surface area contributed by atoms with Gasteiger partial charge < -0.3 is 15.5 Å². The monoisotopic (exact) mass is 513 g/mol. The molecular formula is C31H39N5O2. The van der Waals surface area contributed by atoms with Crippen molar-refractivity contribution in [3.05, 3.63) is 76.6 Å². The van der Waals surface area contributed by atoms with Crippen molar-refractivity contribution in [1.82, 2.24) is 19.6 Å². The minimum absolute atomic E-state index is 0.0328. The molecule has 7 nitrogen and oxygen atoms in total. The molecule has 1 saturated carbocycles. The first kappa shape index (κ1) is 26.0. The first-order valence-corrected chi connectivity index (χ1v) is 14.0. The van der Waals surface area contributed by atoms with Crippen LogP contribution in [0.1, 0.15) is 90.0 Å². The SMILES string of the molecule is CCCCN(CCCC)C(=O)c1cc(C)n(-c2ccc(N)cc2C(=O)N2Cc3ccccc3CC23CC3)n1. The average Bonchev–Trinajstić information content (AvgIpc) is 3.58. The van der Waals surface area contributed by atoms with E-state index < -0.39 is 0 Å². The number of carbonyl (C=O) groups excluding carboxylic acids is 2. The van der Waals surface area contributed by atoms with Crippen LogP contribution in [0.15, 0.2) is 48.5 Å². The first-order chi connectivity index (χ1) is 18.4. The number of fused-ring (bicyclic) bond motifs is 1. The molecular weight excluding hydrogens is 474 g/mol. The molecule has 0 saturated heterocycles. The van der Waals surface area contributed by atoms with Crippen LogP contribution in [0, 0.1) is 6.92 Å². The van der Waals surface area contributed by atoms with Crippen molar-refractivity contribution >= 4 is 17.5 Å². The van der Waals surface area contributed by atoms with Gasteiger partial charge in [-0.25, -0.2) is 4.68 Å². The summed E-state index contributed by atoms with van der Waals surface area (Å²) in [5.74, 6) is -0.0868. The summed E-state index contributed by atoms with van der Waals surface area (Å²) in [6, 6.07) is 15.6. The van der Waals surface area contributed by atoms with Gasteiger partial charge in [0.05, 0.1) is 11.3 Å². The summed E-state index contributed by atoms with van der Waals surface area (Å²) in [4.78, 5) is 31.6. The van der Waals surface area contributed by atoms with Gasteiger partial charge in [-0.1, -0.05) is 51.0 Å². The van der Waals surface area contributed by atoms with Crippen molar-refractivity contribution in [3.63, 3.8) is 0 Å². The molecule has 5 rings (SSSR count). The van der Waals surface area contributed by atoms with E-state index in [2.05, 4.69) is 32.0 Å². The van der Waals surface area contributed by atoms with E-state index in [0.717, 1.165) is 63.7 Å².